The Morgan fingerprint density at radius 3 is 2.15 bits per heavy atom. The van der Waals surface area contributed by atoms with Crippen LogP contribution >= 0.6 is 0 Å². The number of amides is 2. The SMILES string of the molecule is CC(=O)NS(=O)(=O)c1ccc(NC(=O)[C@@H]2[C@@H](C(=O)O)[C@@H]3C=C[C@@H]2O3)cc1. The number of carboxylic acids is 1. The third-order valence-electron chi connectivity index (χ3n) is 4.20. The van der Waals surface area contributed by atoms with E-state index in [1.165, 1.54) is 24.3 Å². The van der Waals surface area contributed by atoms with Crippen LogP contribution in [0.5, 0.6) is 0 Å². The van der Waals surface area contributed by atoms with E-state index in [1.807, 2.05) is 4.72 Å². The van der Waals surface area contributed by atoms with Gasteiger partial charge in [0.2, 0.25) is 11.8 Å². The molecule has 1 aromatic carbocycles. The van der Waals surface area contributed by atoms with Crippen LogP contribution in [0.4, 0.5) is 5.69 Å². The highest BCUT2D eigenvalue weighted by Gasteiger charge is 2.53. The van der Waals surface area contributed by atoms with Gasteiger partial charge in [-0.1, -0.05) is 12.2 Å². The lowest BCUT2D eigenvalue weighted by Crippen LogP contribution is -2.39. The Labute approximate surface area is 149 Å². The molecule has 0 spiro atoms. The highest BCUT2D eigenvalue weighted by atomic mass is 32.2. The van der Waals surface area contributed by atoms with Crippen LogP contribution in [0.25, 0.3) is 0 Å². The molecule has 10 heteroatoms. The van der Waals surface area contributed by atoms with Crippen molar-refractivity contribution in [3.05, 3.63) is 36.4 Å². The third kappa shape index (κ3) is 3.33. The molecule has 0 aromatic heterocycles. The van der Waals surface area contributed by atoms with Crippen molar-refractivity contribution in [1.29, 1.82) is 0 Å². The van der Waals surface area contributed by atoms with Gasteiger partial charge in [0.1, 0.15) is 5.92 Å². The van der Waals surface area contributed by atoms with Crippen molar-refractivity contribution >= 4 is 33.5 Å². The standard InChI is InChI=1S/C16H16N2O7S/c1-8(19)18-26(23,24)10-4-2-9(3-5-10)17-15(20)13-11-6-7-12(25-11)14(13)16(21)22/h2-7,11-14H,1H3,(H,17,20)(H,18,19)(H,21,22)/t11-,12-,13-,14-/m0/s1. The Kier molecular flexibility index (Phi) is 4.55. The molecule has 1 aromatic rings. The van der Waals surface area contributed by atoms with E-state index in [1.54, 1.807) is 12.2 Å². The van der Waals surface area contributed by atoms with Crippen LogP contribution < -0.4 is 10.0 Å². The summed E-state index contributed by atoms with van der Waals surface area (Å²) >= 11 is 0. The number of benzene rings is 1. The summed E-state index contributed by atoms with van der Waals surface area (Å²) in [6.07, 6.45) is 2.07. The van der Waals surface area contributed by atoms with Gasteiger partial charge in [-0.05, 0) is 24.3 Å². The second-order valence-electron chi connectivity index (χ2n) is 6.02. The lowest BCUT2D eigenvalue weighted by molar-refractivity contribution is -0.145. The van der Waals surface area contributed by atoms with E-state index in [-0.39, 0.29) is 4.90 Å². The van der Waals surface area contributed by atoms with Gasteiger partial charge in [0.15, 0.2) is 0 Å². The van der Waals surface area contributed by atoms with Gasteiger partial charge >= 0.3 is 5.97 Å². The first kappa shape index (κ1) is 18.1. The zero-order chi connectivity index (χ0) is 19.1. The average Bonchev–Trinajstić information content (AvgIpc) is 3.15. The second-order valence-corrected chi connectivity index (χ2v) is 7.70. The van der Waals surface area contributed by atoms with Crippen molar-refractivity contribution in [1.82, 2.24) is 4.72 Å². The monoisotopic (exact) mass is 380 g/mol. The van der Waals surface area contributed by atoms with E-state index < -0.39 is 51.9 Å². The molecule has 0 aliphatic carbocycles. The molecule has 2 aliphatic heterocycles. The summed E-state index contributed by atoms with van der Waals surface area (Å²) in [4.78, 5) is 34.7. The molecule has 0 radical (unpaired) electrons. The third-order valence-corrected chi connectivity index (χ3v) is 5.65. The number of ether oxygens (including phenoxy) is 1. The summed E-state index contributed by atoms with van der Waals surface area (Å²) in [7, 11) is -3.97. The van der Waals surface area contributed by atoms with Gasteiger partial charge in [-0.25, -0.2) is 13.1 Å². The molecule has 3 N–H and O–H groups in total. The molecule has 0 saturated carbocycles. The van der Waals surface area contributed by atoms with Gasteiger partial charge in [0.05, 0.1) is 23.0 Å². The first-order valence-corrected chi connectivity index (χ1v) is 9.18. The largest absolute Gasteiger partial charge is 0.481 e. The maximum absolute atomic E-state index is 12.5. The van der Waals surface area contributed by atoms with Crippen LogP contribution in [0.3, 0.4) is 0 Å². The fourth-order valence-electron chi connectivity index (χ4n) is 3.11. The minimum atomic E-state index is -3.97. The minimum absolute atomic E-state index is 0.139. The Morgan fingerprint density at radius 2 is 1.62 bits per heavy atom. The number of carboxylic acid groups (broad SMARTS) is 1. The molecule has 2 heterocycles. The van der Waals surface area contributed by atoms with Crippen LogP contribution in [-0.4, -0.2) is 43.5 Å². The van der Waals surface area contributed by atoms with Crippen molar-refractivity contribution in [2.24, 2.45) is 11.8 Å². The summed E-state index contributed by atoms with van der Waals surface area (Å²) in [5.74, 6) is -4.19. The topological polar surface area (TPSA) is 139 Å². The van der Waals surface area contributed by atoms with Crippen LogP contribution in [0, 0.1) is 11.8 Å². The van der Waals surface area contributed by atoms with Crippen molar-refractivity contribution in [2.75, 3.05) is 5.32 Å². The molecule has 3 rings (SSSR count). The Morgan fingerprint density at radius 1 is 1.04 bits per heavy atom. The lowest BCUT2D eigenvalue weighted by Gasteiger charge is -2.21. The number of hydrogen-bond acceptors (Lipinski definition) is 6. The summed E-state index contributed by atoms with van der Waals surface area (Å²) < 4.78 is 31.0. The van der Waals surface area contributed by atoms with E-state index in [0.717, 1.165) is 6.92 Å². The molecule has 26 heavy (non-hydrogen) atoms. The highest BCUT2D eigenvalue weighted by molar-refractivity contribution is 7.90. The summed E-state index contributed by atoms with van der Waals surface area (Å²) in [6.45, 7) is 1.08. The molecule has 2 bridgehead atoms. The summed E-state index contributed by atoms with van der Waals surface area (Å²) in [5.41, 5.74) is 0.299. The Hall–Kier alpha value is -2.72. The number of rotatable bonds is 5. The fraction of sp³-hybridized carbons (Fsp3) is 0.312. The quantitative estimate of drug-likeness (QED) is 0.616. The number of anilines is 1. The van der Waals surface area contributed by atoms with Gasteiger partial charge in [-0.3, -0.25) is 14.4 Å². The molecule has 2 amide bonds. The molecule has 1 saturated heterocycles. The predicted molar refractivity (Wildman–Crippen MR) is 88.5 cm³/mol. The van der Waals surface area contributed by atoms with E-state index in [4.69, 9.17) is 4.74 Å². The van der Waals surface area contributed by atoms with E-state index in [0.29, 0.717) is 5.69 Å². The molecular formula is C16H16N2O7S. The molecule has 9 nitrogen and oxygen atoms in total. The number of carbonyl (C=O) groups is 3. The van der Waals surface area contributed by atoms with Crippen molar-refractivity contribution in [3.8, 4) is 0 Å². The summed E-state index contributed by atoms with van der Waals surface area (Å²) in [6, 6.07) is 5.16. The molecule has 0 unspecified atom stereocenters. The normalized spacial score (nSPS) is 26.5. The fourth-order valence-corrected chi connectivity index (χ4v) is 4.10. The number of hydrogen-bond donors (Lipinski definition) is 3. The maximum atomic E-state index is 12.5. The Balaban J connectivity index is 1.73. The number of nitrogens with one attached hydrogen (secondary N) is 2. The Bertz CT molecular complexity index is 892. The molecule has 4 atom stereocenters. The van der Waals surface area contributed by atoms with Crippen molar-refractivity contribution < 1.29 is 32.6 Å². The number of carbonyl (C=O) groups excluding carboxylic acids is 2. The highest BCUT2D eigenvalue weighted by Crippen LogP contribution is 2.39. The van der Waals surface area contributed by atoms with Crippen molar-refractivity contribution in [2.45, 2.75) is 24.0 Å². The molecule has 2 aliphatic rings. The van der Waals surface area contributed by atoms with Crippen LogP contribution in [-0.2, 0) is 29.1 Å². The van der Waals surface area contributed by atoms with E-state index in [2.05, 4.69) is 5.32 Å². The lowest BCUT2D eigenvalue weighted by atomic mass is 9.82. The van der Waals surface area contributed by atoms with Crippen LogP contribution in [0.1, 0.15) is 6.92 Å². The minimum Gasteiger partial charge on any atom is -0.481 e. The second kappa shape index (κ2) is 6.54. The van der Waals surface area contributed by atoms with Gasteiger partial charge < -0.3 is 15.2 Å². The zero-order valence-electron chi connectivity index (χ0n) is 13.6. The van der Waals surface area contributed by atoms with E-state index in [9.17, 15) is 27.9 Å². The number of aliphatic carboxylic acids is 1. The average molecular weight is 380 g/mol. The summed E-state index contributed by atoms with van der Waals surface area (Å²) in [5, 5.41) is 11.9. The van der Waals surface area contributed by atoms with Gasteiger partial charge in [0, 0.05) is 12.6 Å². The van der Waals surface area contributed by atoms with Crippen LogP contribution in [0.2, 0.25) is 0 Å². The van der Waals surface area contributed by atoms with Crippen LogP contribution in [0.15, 0.2) is 41.3 Å². The van der Waals surface area contributed by atoms with Gasteiger partial charge in [0.25, 0.3) is 10.0 Å². The number of fused-ring (bicyclic) bond motifs is 2. The first-order chi connectivity index (χ1) is 12.2. The molecule has 138 valence electrons. The molecular weight excluding hydrogens is 364 g/mol. The van der Waals surface area contributed by atoms with Crippen molar-refractivity contribution in [3.63, 3.8) is 0 Å². The maximum Gasteiger partial charge on any atom is 0.310 e. The van der Waals surface area contributed by atoms with E-state index >= 15 is 0 Å². The zero-order valence-corrected chi connectivity index (χ0v) is 14.4. The molecule has 1 fully saturated rings. The van der Waals surface area contributed by atoms with Gasteiger partial charge in [-0.2, -0.15) is 0 Å². The van der Waals surface area contributed by atoms with Gasteiger partial charge in [-0.15, -0.1) is 0 Å². The first-order valence-electron chi connectivity index (χ1n) is 7.70. The predicted octanol–water partition coefficient (Wildman–Crippen LogP) is 0.104. The smallest absolute Gasteiger partial charge is 0.310 e. The number of sulfonamides is 1.